The number of benzene rings is 1. The Hall–Kier alpha value is -1.88. The Morgan fingerprint density at radius 3 is 3.12 bits per heavy atom. The Bertz CT molecular complexity index is 549. The van der Waals surface area contributed by atoms with Crippen molar-refractivity contribution in [3.8, 4) is 17.1 Å². The predicted molar refractivity (Wildman–Crippen MR) is 63.7 cm³/mol. The SMILES string of the molecule is Cc1nc(-c2cccc3c2OC(CN)C3)n[nH]1. The lowest BCUT2D eigenvalue weighted by atomic mass is 10.1. The summed E-state index contributed by atoms with van der Waals surface area (Å²) in [5.41, 5.74) is 7.76. The first-order valence-corrected chi connectivity index (χ1v) is 5.66. The number of H-pyrrole nitrogens is 1. The van der Waals surface area contributed by atoms with Gasteiger partial charge < -0.3 is 10.5 Å². The number of para-hydroxylation sites is 1. The van der Waals surface area contributed by atoms with Gasteiger partial charge in [0.25, 0.3) is 0 Å². The summed E-state index contributed by atoms with van der Waals surface area (Å²) in [5.74, 6) is 2.35. The Morgan fingerprint density at radius 1 is 1.53 bits per heavy atom. The molecule has 1 aliphatic heterocycles. The summed E-state index contributed by atoms with van der Waals surface area (Å²) in [6.07, 6.45) is 0.939. The van der Waals surface area contributed by atoms with E-state index in [0.29, 0.717) is 12.4 Å². The first-order valence-electron chi connectivity index (χ1n) is 5.66. The topological polar surface area (TPSA) is 76.8 Å². The minimum absolute atomic E-state index is 0.0752. The molecule has 0 saturated carbocycles. The maximum absolute atomic E-state index is 5.83. The molecule has 0 saturated heterocycles. The normalized spacial score (nSPS) is 17.9. The quantitative estimate of drug-likeness (QED) is 0.808. The molecule has 2 heterocycles. The van der Waals surface area contributed by atoms with E-state index in [-0.39, 0.29) is 6.10 Å². The number of aromatic amines is 1. The van der Waals surface area contributed by atoms with E-state index in [1.165, 1.54) is 5.56 Å². The highest BCUT2D eigenvalue weighted by Gasteiger charge is 2.25. The van der Waals surface area contributed by atoms with Crippen LogP contribution in [0.15, 0.2) is 18.2 Å². The van der Waals surface area contributed by atoms with Crippen LogP contribution in [0.4, 0.5) is 0 Å². The lowest BCUT2D eigenvalue weighted by Crippen LogP contribution is -2.24. The fraction of sp³-hybridized carbons (Fsp3) is 0.333. The van der Waals surface area contributed by atoms with Gasteiger partial charge in [-0.1, -0.05) is 12.1 Å². The van der Waals surface area contributed by atoms with Gasteiger partial charge in [-0.25, -0.2) is 4.98 Å². The third-order valence-electron chi connectivity index (χ3n) is 2.93. The number of ether oxygens (including phenoxy) is 1. The van der Waals surface area contributed by atoms with Gasteiger partial charge in [-0.15, -0.1) is 0 Å². The highest BCUT2D eigenvalue weighted by molar-refractivity contribution is 5.67. The number of nitrogens with two attached hydrogens (primary N) is 1. The van der Waals surface area contributed by atoms with E-state index in [2.05, 4.69) is 21.2 Å². The van der Waals surface area contributed by atoms with Crippen molar-refractivity contribution in [1.29, 1.82) is 0 Å². The Labute approximate surface area is 99.0 Å². The number of fused-ring (bicyclic) bond motifs is 1. The van der Waals surface area contributed by atoms with E-state index in [9.17, 15) is 0 Å². The standard InChI is InChI=1S/C12H14N4O/c1-7-14-12(16-15-7)10-4-2-3-8-5-9(6-13)17-11(8)10/h2-4,9H,5-6,13H2,1H3,(H,14,15,16). The van der Waals surface area contributed by atoms with Crippen LogP contribution in [0.5, 0.6) is 5.75 Å². The van der Waals surface area contributed by atoms with E-state index in [1.807, 2.05) is 19.1 Å². The zero-order valence-electron chi connectivity index (χ0n) is 9.60. The minimum atomic E-state index is 0.0752. The average Bonchev–Trinajstić information content (AvgIpc) is 2.93. The molecule has 5 heteroatoms. The van der Waals surface area contributed by atoms with Crippen molar-refractivity contribution in [3.63, 3.8) is 0 Å². The van der Waals surface area contributed by atoms with Crippen LogP contribution in [0, 0.1) is 6.92 Å². The first-order chi connectivity index (χ1) is 8.28. The van der Waals surface area contributed by atoms with Gasteiger partial charge in [-0.2, -0.15) is 5.10 Å². The lowest BCUT2D eigenvalue weighted by Gasteiger charge is -2.08. The second kappa shape index (κ2) is 3.85. The molecule has 1 aliphatic rings. The fourth-order valence-corrected chi connectivity index (χ4v) is 2.11. The largest absolute Gasteiger partial charge is 0.488 e. The van der Waals surface area contributed by atoms with Gasteiger partial charge in [0.2, 0.25) is 0 Å². The molecule has 1 unspecified atom stereocenters. The molecule has 0 fully saturated rings. The third kappa shape index (κ3) is 1.68. The van der Waals surface area contributed by atoms with Gasteiger partial charge in [0, 0.05) is 13.0 Å². The molecular formula is C12H14N4O. The first kappa shape index (κ1) is 10.3. The van der Waals surface area contributed by atoms with E-state index < -0.39 is 0 Å². The van der Waals surface area contributed by atoms with Gasteiger partial charge in [0.05, 0.1) is 5.56 Å². The molecule has 5 nitrogen and oxygen atoms in total. The highest BCUT2D eigenvalue weighted by Crippen LogP contribution is 2.37. The lowest BCUT2D eigenvalue weighted by molar-refractivity contribution is 0.242. The predicted octanol–water partition coefficient (Wildman–Crippen LogP) is 1.04. The molecule has 0 spiro atoms. The van der Waals surface area contributed by atoms with Gasteiger partial charge in [0.15, 0.2) is 5.82 Å². The van der Waals surface area contributed by atoms with Crippen LogP contribution in [0.2, 0.25) is 0 Å². The van der Waals surface area contributed by atoms with Crippen LogP contribution < -0.4 is 10.5 Å². The molecule has 1 atom stereocenters. The van der Waals surface area contributed by atoms with Crippen molar-refractivity contribution < 1.29 is 4.74 Å². The highest BCUT2D eigenvalue weighted by atomic mass is 16.5. The third-order valence-corrected chi connectivity index (χ3v) is 2.93. The van der Waals surface area contributed by atoms with Crippen molar-refractivity contribution in [1.82, 2.24) is 15.2 Å². The van der Waals surface area contributed by atoms with Crippen LogP contribution >= 0.6 is 0 Å². The second-order valence-corrected chi connectivity index (χ2v) is 4.22. The van der Waals surface area contributed by atoms with Gasteiger partial charge in [-0.05, 0) is 18.6 Å². The molecule has 0 amide bonds. The number of hydrogen-bond acceptors (Lipinski definition) is 4. The van der Waals surface area contributed by atoms with Crippen molar-refractivity contribution in [3.05, 3.63) is 29.6 Å². The Morgan fingerprint density at radius 2 is 2.41 bits per heavy atom. The summed E-state index contributed by atoms with van der Waals surface area (Å²) in [5, 5.41) is 7.01. The molecule has 1 aromatic carbocycles. The number of hydrogen-bond donors (Lipinski definition) is 2. The second-order valence-electron chi connectivity index (χ2n) is 4.22. The molecule has 0 aliphatic carbocycles. The summed E-state index contributed by atoms with van der Waals surface area (Å²) in [6.45, 7) is 2.41. The number of rotatable bonds is 2. The molecule has 3 N–H and O–H groups in total. The summed E-state index contributed by atoms with van der Waals surface area (Å²) in [7, 11) is 0. The van der Waals surface area contributed by atoms with Gasteiger partial charge in [0.1, 0.15) is 17.7 Å². The Balaban J connectivity index is 2.06. The van der Waals surface area contributed by atoms with Crippen molar-refractivity contribution >= 4 is 0 Å². The molecule has 2 aromatic rings. The van der Waals surface area contributed by atoms with E-state index in [0.717, 1.165) is 23.6 Å². The van der Waals surface area contributed by atoms with Crippen molar-refractivity contribution in [2.24, 2.45) is 5.73 Å². The van der Waals surface area contributed by atoms with Crippen LogP contribution in [0.3, 0.4) is 0 Å². The summed E-state index contributed by atoms with van der Waals surface area (Å²) < 4.78 is 5.83. The zero-order valence-corrected chi connectivity index (χ0v) is 9.60. The molecule has 0 bridgehead atoms. The number of aryl methyl sites for hydroxylation is 1. The molecule has 1 aromatic heterocycles. The van der Waals surface area contributed by atoms with Gasteiger partial charge in [-0.3, -0.25) is 5.10 Å². The Kier molecular flexibility index (Phi) is 2.33. The zero-order chi connectivity index (χ0) is 11.8. The van der Waals surface area contributed by atoms with E-state index in [4.69, 9.17) is 10.5 Å². The molecule has 3 rings (SSSR count). The van der Waals surface area contributed by atoms with Crippen LogP contribution in [0.25, 0.3) is 11.4 Å². The number of aromatic nitrogens is 3. The molecular weight excluding hydrogens is 216 g/mol. The molecule has 17 heavy (non-hydrogen) atoms. The smallest absolute Gasteiger partial charge is 0.184 e. The number of nitrogens with one attached hydrogen (secondary N) is 1. The summed E-state index contributed by atoms with van der Waals surface area (Å²) >= 11 is 0. The summed E-state index contributed by atoms with van der Waals surface area (Å²) in [4.78, 5) is 4.33. The van der Waals surface area contributed by atoms with Crippen LogP contribution in [0.1, 0.15) is 11.4 Å². The monoisotopic (exact) mass is 230 g/mol. The maximum atomic E-state index is 5.83. The summed E-state index contributed by atoms with van der Waals surface area (Å²) in [6, 6.07) is 6.04. The van der Waals surface area contributed by atoms with E-state index >= 15 is 0 Å². The van der Waals surface area contributed by atoms with Crippen LogP contribution in [-0.2, 0) is 6.42 Å². The van der Waals surface area contributed by atoms with E-state index in [1.54, 1.807) is 0 Å². The fourth-order valence-electron chi connectivity index (χ4n) is 2.11. The molecule has 88 valence electrons. The van der Waals surface area contributed by atoms with Crippen molar-refractivity contribution in [2.75, 3.05) is 6.54 Å². The molecule has 0 radical (unpaired) electrons. The number of nitrogens with zero attached hydrogens (tertiary/aromatic N) is 2. The average molecular weight is 230 g/mol. The maximum Gasteiger partial charge on any atom is 0.184 e. The van der Waals surface area contributed by atoms with Crippen LogP contribution in [-0.4, -0.2) is 27.8 Å². The van der Waals surface area contributed by atoms with Gasteiger partial charge >= 0.3 is 0 Å². The van der Waals surface area contributed by atoms with Crippen molar-refractivity contribution in [2.45, 2.75) is 19.4 Å². The minimum Gasteiger partial charge on any atom is -0.488 e.